The molecule has 0 radical (unpaired) electrons. The molecular weight excluding hydrogens is 395 g/mol. The molecule has 2 fully saturated rings. The van der Waals surface area contributed by atoms with Crippen molar-refractivity contribution >= 4 is 22.6 Å². The maximum Gasteiger partial charge on any atom is 0.418 e. The maximum absolute atomic E-state index is 13.4. The van der Waals surface area contributed by atoms with Crippen LogP contribution in [0.2, 0.25) is 0 Å². The third kappa shape index (κ3) is 4.08. The number of carbonyl (C=O) groups excluding carboxylic acids is 1. The van der Waals surface area contributed by atoms with Crippen LogP contribution in [0.25, 0.3) is 11.0 Å². The van der Waals surface area contributed by atoms with Crippen LogP contribution >= 0.6 is 0 Å². The van der Waals surface area contributed by atoms with E-state index in [9.17, 15) is 18.0 Å². The Labute approximate surface area is 173 Å². The number of hydrogen-bond acceptors (Lipinski definition) is 5. The molecule has 2 atom stereocenters. The minimum Gasteiger partial charge on any atom is -0.369 e. The van der Waals surface area contributed by atoms with Gasteiger partial charge in [-0.1, -0.05) is 6.92 Å². The van der Waals surface area contributed by atoms with Gasteiger partial charge in [-0.25, -0.2) is 0 Å². The summed E-state index contributed by atoms with van der Waals surface area (Å²) in [7, 11) is 2.08. The number of alkyl halides is 3. The molecule has 0 bridgehead atoms. The van der Waals surface area contributed by atoms with E-state index < -0.39 is 11.7 Å². The Morgan fingerprint density at radius 1 is 1.10 bits per heavy atom. The summed E-state index contributed by atoms with van der Waals surface area (Å²) < 4.78 is 40.1. The predicted molar refractivity (Wildman–Crippen MR) is 108 cm³/mol. The largest absolute Gasteiger partial charge is 0.418 e. The summed E-state index contributed by atoms with van der Waals surface area (Å²) >= 11 is 0. The average molecular weight is 421 g/mol. The first-order valence-corrected chi connectivity index (χ1v) is 10.3. The Hall–Kier alpha value is -2.42. The second-order valence-corrected chi connectivity index (χ2v) is 8.46. The fourth-order valence-corrected chi connectivity index (χ4v) is 4.49. The lowest BCUT2D eigenvalue weighted by Gasteiger charge is -2.30. The molecule has 2 aliphatic rings. The summed E-state index contributed by atoms with van der Waals surface area (Å²) in [5, 5.41) is 3.18. The van der Waals surface area contributed by atoms with Crippen LogP contribution in [-0.2, 0) is 11.0 Å². The fraction of sp³-hybridized carbons (Fsp3) is 0.571. The first kappa shape index (κ1) is 20.8. The van der Waals surface area contributed by atoms with E-state index in [0.29, 0.717) is 18.8 Å². The smallest absolute Gasteiger partial charge is 0.369 e. The topological polar surface area (TPSA) is 61.4 Å². The number of anilines is 1. The highest BCUT2D eigenvalue weighted by Gasteiger charge is 2.38. The number of benzene rings is 1. The summed E-state index contributed by atoms with van der Waals surface area (Å²) in [6, 6.07) is 2.69. The van der Waals surface area contributed by atoms with E-state index in [1.54, 1.807) is 0 Å². The summed E-state index contributed by atoms with van der Waals surface area (Å²) in [5.41, 5.74) is -0.143. The normalized spacial score (nSPS) is 23.8. The van der Waals surface area contributed by atoms with Gasteiger partial charge in [-0.2, -0.15) is 13.2 Å². The highest BCUT2D eigenvalue weighted by Crippen LogP contribution is 2.38. The Morgan fingerprint density at radius 2 is 1.77 bits per heavy atom. The van der Waals surface area contributed by atoms with Gasteiger partial charge in [0.1, 0.15) is 11.0 Å². The summed E-state index contributed by atoms with van der Waals surface area (Å²) in [6.07, 6.45) is 0.0432. The van der Waals surface area contributed by atoms with Crippen molar-refractivity contribution in [1.82, 2.24) is 20.2 Å². The molecule has 1 aromatic carbocycles. The molecule has 0 saturated carbocycles. The number of hydrogen-bond donors (Lipinski definition) is 1. The number of nitrogens with one attached hydrogen (secondary N) is 1. The molecule has 0 aliphatic carbocycles. The second kappa shape index (κ2) is 8.02. The molecule has 30 heavy (non-hydrogen) atoms. The molecule has 1 aromatic heterocycles. The van der Waals surface area contributed by atoms with Crippen molar-refractivity contribution in [3.63, 3.8) is 0 Å². The lowest BCUT2D eigenvalue weighted by molar-refractivity contribution is -0.136. The van der Waals surface area contributed by atoms with E-state index in [4.69, 9.17) is 0 Å². The van der Waals surface area contributed by atoms with Gasteiger partial charge in [0.15, 0.2) is 0 Å². The van der Waals surface area contributed by atoms with Gasteiger partial charge < -0.3 is 15.1 Å². The first-order chi connectivity index (χ1) is 14.2. The van der Waals surface area contributed by atoms with Crippen molar-refractivity contribution in [3.8, 4) is 0 Å². The lowest BCUT2D eigenvalue weighted by Crippen LogP contribution is -2.46. The molecular formula is C21H26F3N5O. The molecule has 9 heteroatoms. The molecule has 0 spiro atoms. The molecule has 1 amide bonds. The van der Waals surface area contributed by atoms with Gasteiger partial charge in [0.05, 0.1) is 17.2 Å². The molecule has 6 nitrogen and oxygen atoms in total. The number of nitrogens with zero attached hydrogens (tertiary/aromatic N) is 4. The van der Waals surface area contributed by atoms with Crippen molar-refractivity contribution < 1.29 is 18.0 Å². The van der Waals surface area contributed by atoms with Gasteiger partial charge in [-0.3, -0.25) is 14.8 Å². The molecule has 3 heterocycles. The van der Waals surface area contributed by atoms with Gasteiger partial charge >= 0.3 is 6.18 Å². The number of halogens is 3. The molecule has 0 unspecified atom stereocenters. The average Bonchev–Trinajstić information content (AvgIpc) is 3.09. The molecule has 1 N–H and O–H groups in total. The quantitative estimate of drug-likeness (QED) is 0.826. The van der Waals surface area contributed by atoms with Crippen LogP contribution in [0.15, 0.2) is 24.5 Å². The first-order valence-electron chi connectivity index (χ1n) is 10.3. The zero-order valence-corrected chi connectivity index (χ0v) is 17.1. The zero-order valence-electron chi connectivity index (χ0n) is 17.1. The van der Waals surface area contributed by atoms with Crippen LogP contribution in [0, 0.1) is 11.8 Å². The van der Waals surface area contributed by atoms with Crippen LogP contribution in [0.5, 0.6) is 0 Å². The molecule has 2 saturated heterocycles. The van der Waals surface area contributed by atoms with E-state index in [0.717, 1.165) is 32.0 Å². The zero-order chi connectivity index (χ0) is 21.5. The van der Waals surface area contributed by atoms with Crippen molar-refractivity contribution in [1.29, 1.82) is 0 Å². The number of carbonyl (C=O) groups is 1. The fourth-order valence-electron chi connectivity index (χ4n) is 4.49. The Morgan fingerprint density at radius 3 is 2.43 bits per heavy atom. The molecule has 2 aliphatic heterocycles. The van der Waals surface area contributed by atoms with E-state index in [1.165, 1.54) is 18.5 Å². The van der Waals surface area contributed by atoms with Gasteiger partial charge in [0.2, 0.25) is 5.91 Å². The number of fused-ring (bicyclic) bond motifs is 1. The molecule has 162 valence electrons. The minimum atomic E-state index is -4.50. The Bertz CT molecular complexity index is 926. The SMILES string of the molecule is C[C@@H]1CN(c2ccc(C(F)(F)F)c3nccnc23)C[C@H]1C(=O)NC1CCN(C)CC1. The highest BCUT2D eigenvalue weighted by atomic mass is 19.4. The standard InChI is InChI=1S/C21H26F3N5O/c1-13-11-29(12-15(13)20(30)27-14-5-9-28(2)10-6-14)17-4-3-16(21(22,23)24)18-19(17)26-8-7-25-18/h3-4,7-8,13-15H,5-6,9-12H2,1-2H3,(H,27,30)/t13-,15-/m1/s1. The van der Waals surface area contributed by atoms with Gasteiger partial charge in [-0.15, -0.1) is 0 Å². The summed E-state index contributed by atoms with van der Waals surface area (Å²) in [6.45, 7) is 4.98. The van der Waals surface area contributed by atoms with Gasteiger partial charge in [-0.05, 0) is 51.0 Å². The van der Waals surface area contributed by atoms with E-state index >= 15 is 0 Å². The van der Waals surface area contributed by atoms with Crippen LogP contribution in [0.4, 0.5) is 18.9 Å². The third-order valence-electron chi connectivity index (χ3n) is 6.26. The van der Waals surface area contributed by atoms with Gasteiger partial charge in [0, 0.05) is 31.5 Å². The number of amides is 1. The van der Waals surface area contributed by atoms with E-state index in [1.807, 2.05) is 11.8 Å². The maximum atomic E-state index is 13.4. The predicted octanol–water partition coefficient (Wildman–Crippen LogP) is 2.93. The second-order valence-electron chi connectivity index (χ2n) is 8.46. The van der Waals surface area contributed by atoms with Crippen molar-refractivity contribution in [3.05, 3.63) is 30.1 Å². The molecule has 4 rings (SSSR count). The summed E-state index contributed by atoms with van der Waals surface area (Å²) in [5.74, 6) is -0.0918. The third-order valence-corrected chi connectivity index (χ3v) is 6.26. The van der Waals surface area contributed by atoms with Crippen LogP contribution < -0.4 is 10.2 Å². The van der Waals surface area contributed by atoms with Crippen LogP contribution in [0.3, 0.4) is 0 Å². The van der Waals surface area contributed by atoms with Crippen LogP contribution in [0.1, 0.15) is 25.3 Å². The monoisotopic (exact) mass is 421 g/mol. The van der Waals surface area contributed by atoms with Crippen molar-refractivity contribution in [2.45, 2.75) is 32.0 Å². The highest BCUT2D eigenvalue weighted by molar-refractivity contribution is 5.91. The van der Waals surface area contributed by atoms with Crippen molar-refractivity contribution in [2.75, 3.05) is 38.1 Å². The number of likely N-dealkylation sites (tertiary alicyclic amines) is 1. The summed E-state index contributed by atoms with van der Waals surface area (Å²) in [4.78, 5) is 25.2. The lowest BCUT2D eigenvalue weighted by atomic mass is 9.96. The van der Waals surface area contributed by atoms with Crippen molar-refractivity contribution in [2.24, 2.45) is 11.8 Å². The minimum absolute atomic E-state index is 0.0295. The van der Waals surface area contributed by atoms with E-state index in [-0.39, 0.29) is 34.8 Å². The number of rotatable bonds is 3. The van der Waals surface area contributed by atoms with Gasteiger partial charge in [0.25, 0.3) is 0 Å². The van der Waals surface area contributed by atoms with Crippen LogP contribution in [-0.4, -0.2) is 60.0 Å². The Kier molecular flexibility index (Phi) is 5.57. The Balaban J connectivity index is 1.53. The van der Waals surface area contributed by atoms with E-state index in [2.05, 4.69) is 27.2 Å². The number of aromatic nitrogens is 2. The number of piperidine rings is 1. The molecule has 2 aromatic rings.